The monoisotopic (exact) mass is 231 g/mol. The van der Waals surface area contributed by atoms with Crippen molar-refractivity contribution >= 4 is 5.97 Å². The highest BCUT2D eigenvalue weighted by Gasteiger charge is 2.18. The zero-order chi connectivity index (χ0) is 12.6. The summed E-state index contributed by atoms with van der Waals surface area (Å²) in [7, 11) is 0. The van der Waals surface area contributed by atoms with Gasteiger partial charge in [0.2, 0.25) is 0 Å². The Labute approximate surface area is 98.4 Å². The fourth-order valence-electron chi connectivity index (χ4n) is 1.54. The predicted molar refractivity (Wildman–Crippen MR) is 64.2 cm³/mol. The highest BCUT2D eigenvalue weighted by atomic mass is 16.5. The van der Waals surface area contributed by atoms with E-state index in [1.807, 2.05) is 6.92 Å². The van der Waals surface area contributed by atoms with E-state index in [1.165, 1.54) is 0 Å². The first-order chi connectivity index (χ1) is 7.51. The summed E-state index contributed by atoms with van der Waals surface area (Å²) in [4.78, 5) is 11.4. The van der Waals surface area contributed by atoms with Gasteiger partial charge in [-0.05, 0) is 25.7 Å². The van der Waals surface area contributed by atoms with Crippen LogP contribution in [0.15, 0.2) is 0 Å². The Morgan fingerprint density at radius 3 is 2.44 bits per heavy atom. The molecule has 0 bridgehead atoms. The molecule has 4 heteroatoms. The van der Waals surface area contributed by atoms with Crippen molar-refractivity contribution in [2.24, 2.45) is 5.92 Å². The smallest absolute Gasteiger partial charge is 0.323 e. The number of aliphatic hydroxyl groups excluding tert-OH is 1. The highest BCUT2D eigenvalue weighted by molar-refractivity contribution is 5.75. The lowest BCUT2D eigenvalue weighted by atomic mass is 10.1. The number of esters is 1. The normalized spacial score (nSPS) is 14.9. The van der Waals surface area contributed by atoms with Crippen LogP contribution < -0.4 is 5.32 Å². The van der Waals surface area contributed by atoms with Gasteiger partial charge in [-0.25, -0.2) is 0 Å². The molecule has 0 saturated carbocycles. The summed E-state index contributed by atoms with van der Waals surface area (Å²) in [5.74, 6) is 0.223. The van der Waals surface area contributed by atoms with E-state index in [-0.39, 0.29) is 12.0 Å². The van der Waals surface area contributed by atoms with Crippen molar-refractivity contribution in [3.05, 3.63) is 0 Å². The van der Waals surface area contributed by atoms with Crippen molar-refractivity contribution in [3.8, 4) is 0 Å². The second-order valence-corrected chi connectivity index (χ2v) is 4.40. The van der Waals surface area contributed by atoms with Crippen LogP contribution in [0, 0.1) is 5.92 Å². The molecule has 0 aromatic rings. The molecule has 0 rings (SSSR count). The maximum Gasteiger partial charge on any atom is 0.323 e. The van der Waals surface area contributed by atoms with Gasteiger partial charge in [-0.1, -0.05) is 20.8 Å². The zero-order valence-electron chi connectivity index (χ0n) is 10.8. The average molecular weight is 231 g/mol. The molecule has 0 spiro atoms. The van der Waals surface area contributed by atoms with E-state index in [9.17, 15) is 9.90 Å². The van der Waals surface area contributed by atoms with E-state index in [0.29, 0.717) is 25.5 Å². The molecule has 2 unspecified atom stereocenters. The number of nitrogens with one attached hydrogen (secondary N) is 1. The van der Waals surface area contributed by atoms with Gasteiger partial charge in [0, 0.05) is 6.54 Å². The van der Waals surface area contributed by atoms with Crippen LogP contribution in [-0.2, 0) is 9.53 Å². The van der Waals surface area contributed by atoms with Crippen molar-refractivity contribution in [3.63, 3.8) is 0 Å². The van der Waals surface area contributed by atoms with Crippen LogP contribution in [0.1, 0.15) is 40.5 Å². The number of aliphatic hydroxyl groups is 1. The molecule has 0 amide bonds. The van der Waals surface area contributed by atoms with Gasteiger partial charge in [-0.3, -0.25) is 4.79 Å². The Morgan fingerprint density at radius 2 is 2.00 bits per heavy atom. The molecule has 0 saturated heterocycles. The van der Waals surface area contributed by atoms with E-state index in [1.54, 1.807) is 6.92 Å². The fraction of sp³-hybridized carbons (Fsp3) is 0.917. The first kappa shape index (κ1) is 15.4. The SMILES string of the molecule is CCOC(=O)C(CC)NCC(O)CC(C)C. The summed E-state index contributed by atoms with van der Waals surface area (Å²) in [5, 5.41) is 12.7. The molecule has 16 heavy (non-hydrogen) atoms. The number of carbonyl (C=O) groups is 1. The second kappa shape index (κ2) is 8.53. The topological polar surface area (TPSA) is 58.6 Å². The van der Waals surface area contributed by atoms with Gasteiger partial charge in [0.15, 0.2) is 0 Å². The molecule has 0 aliphatic rings. The summed E-state index contributed by atoms with van der Waals surface area (Å²) in [6.07, 6.45) is 1.02. The predicted octanol–water partition coefficient (Wildman–Crippen LogP) is 1.32. The first-order valence-corrected chi connectivity index (χ1v) is 6.09. The lowest BCUT2D eigenvalue weighted by Gasteiger charge is -2.19. The zero-order valence-corrected chi connectivity index (χ0v) is 10.8. The van der Waals surface area contributed by atoms with Gasteiger partial charge < -0.3 is 15.2 Å². The number of hydrogen-bond donors (Lipinski definition) is 2. The van der Waals surface area contributed by atoms with Crippen LogP contribution in [0.2, 0.25) is 0 Å². The maximum atomic E-state index is 11.4. The maximum absolute atomic E-state index is 11.4. The van der Waals surface area contributed by atoms with Crippen molar-refractivity contribution in [2.45, 2.75) is 52.7 Å². The number of ether oxygens (including phenoxy) is 1. The summed E-state index contributed by atoms with van der Waals surface area (Å²) in [6, 6.07) is -0.304. The van der Waals surface area contributed by atoms with Gasteiger partial charge in [0.25, 0.3) is 0 Å². The molecule has 2 N–H and O–H groups in total. The Hall–Kier alpha value is -0.610. The molecular formula is C12H25NO3. The Morgan fingerprint density at radius 1 is 1.38 bits per heavy atom. The van der Waals surface area contributed by atoms with Crippen LogP contribution in [0.5, 0.6) is 0 Å². The van der Waals surface area contributed by atoms with Gasteiger partial charge in [-0.15, -0.1) is 0 Å². The van der Waals surface area contributed by atoms with Crippen LogP contribution in [0.4, 0.5) is 0 Å². The minimum Gasteiger partial charge on any atom is -0.465 e. The number of rotatable bonds is 8. The molecule has 0 aromatic carbocycles. The second-order valence-electron chi connectivity index (χ2n) is 4.40. The molecule has 0 radical (unpaired) electrons. The van der Waals surface area contributed by atoms with Gasteiger partial charge >= 0.3 is 5.97 Å². The lowest BCUT2D eigenvalue weighted by Crippen LogP contribution is -2.41. The number of carbonyl (C=O) groups excluding carboxylic acids is 1. The van der Waals surface area contributed by atoms with Crippen molar-refractivity contribution in [2.75, 3.05) is 13.2 Å². The molecule has 0 heterocycles. The van der Waals surface area contributed by atoms with Crippen LogP contribution >= 0.6 is 0 Å². The van der Waals surface area contributed by atoms with E-state index < -0.39 is 6.10 Å². The molecular weight excluding hydrogens is 206 g/mol. The largest absolute Gasteiger partial charge is 0.465 e. The van der Waals surface area contributed by atoms with E-state index in [4.69, 9.17) is 4.74 Å². The Bertz CT molecular complexity index is 195. The fourth-order valence-corrected chi connectivity index (χ4v) is 1.54. The molecule has 0 fully saturated rings. The van der Waals surface area contributed by atoms with Crippen molar-refractivity contribution < 1.29 is 14.6 Å². The molecule has 0 aliphatic carbocycles. The van der Waals surface area contributed by atoms with Gasteiger partial charge in [0.1, 0.15) is 6.04 Å². The molecule has 2 atom stereocenters. The van der Waals surface area contributed by atoms with Crippen LogP contribution in [0.25, 0.3) is 0 Å². The summed E-state index contributed by atoms with van der Waals surface area (Å²) >= 11 is 0. The van der Waals surface area contributed by atoms with Gasteiger partial charge in [0.05, 0.1) is 12.7 Å². The molecule has 0 aliphatic heterocycles. The third-order valence-electron chi connectivity index (χ3n) is 2.32. The summed E-state index contributed by atoms with van der Waals surface area (Å²) < 4.78 is 4.93. The van der Waals surface area contributed by atoms with Crippen LogP contribution in [0.3, 0.4) is 0 Å². The van der Waals surface area contributed by atoms with Crippen molar-refractivity contribution in [1.29, 1.82) is 0 Å². The van der Waals surface area contributed by atoms with Gasteiger partial charge in [-0.2, -0.15) is 0 Å². The van der Waals surface area contributed by atoms with E-state index in [2.05, 4.69) is 19.2 Å². The summed E-state index contributed by atoms with van der Waals surface area (Å²) in [5.41, 5.74) is 0. The standard InChI is InChI=1S/C12H25NO3/c1-5-11(12(15)16-6-2)13-8-10(14)7-9(3)4/h9-11,13-14H,5-8H2,1-4H3. The minimum absolute atomic E-state index is 0.234. The quantitative estimate of drug-likeness (QED) is 0.619. The Balaban J connectivity index is 3.90. The van der Waals surface area contributed by atoms with E-state index >= 15 is 0 Å². The van der Waals surface area contributed by atoms with Crippen LogP contribution in [-0.4, -0.2) is 36.4 Å². The third kappa shape index (κ3) is 6.80. The molecule has 0 aromatic heterocycles. The minimum atomic E-state index is -0.400. The highest BCUT2D eigenvalue weighted by Crippen LogP contribution is 2.04. The third-order valence-corrected chi connectivity index (χ3v) is 2.32. The van der Waals surface area contributed by atoms with E-state index in [0.717, 1.165) is 6.42 Å². The number of hydrogen-bond acceptors (Lipinski definition) is 4. The van der Waals surface area contributed by atoms with Crippen molar-refractivity contribution in [1.82, 2.24) is 5.32 Å². The Kier molecular flexibility index (Phi) is 8.21. The lowest BCUT2D eigenvalue weighted by molar-refractivity contribution is -0.145. The molecule has 96 valence electrons. The average Bonchev–Trinajstić information content (AvgIpc) is 2.17. The molecule has 4 nitrogen and oxygen atoms in total. The first-order valence-electron chi connectivity index (χ1n) is 6.09. The summed E-state index contributed by atoms with van der Waals surface area (Å²) in [6.45, 7) is 8.67.